The minimum Gasteiger partial charge on any atom is -0.358 e. The van der Waals surface area contributed by atoms with Crippen LogP contribution < -0.4 is 10.2 Å². The first-order valence-electron chi connectivity index (χ1n) is 7.59. The number of imide groups is 1. The lowest BCUT2D eigenvalue weighted by Crippen LogP contribution is -2.44. The zero-order valence-corrected chi connectivity index (χ0v) is 12.5. The van der Waals surface area contributed by atoms with Crippen molar-refractivity contribution in [1.29, 1.82) is 0 Å². The van der Waals surface area contributed by atoms with Crippen molar-refractivity contribution in [3.05, 3.63) is 30.2 Å². The van der Waals surface area contributed by atoms with E-state index in [1.165, 1.54) is 5.56 Å². The number of fused-ring (bicyclic) bond motifs is 1. The van der Waals surface area contributed by atoms with Crippen LogP contribution in [0.15, 0.2) is 24.7 Å². The molecule has 2 amide bonds. The predicted molar refractivity (Wildman–Crippen MR) is 81.6 cm³/mol. The maximum Gasteiger partial charge on any atom is 0.233 e. The van der Waals surface area contributed by atoms with Gasteiger partial charge in [0.05, 0.1) is 17.1 Å². The Hall–Kier alpha value is -2.37. The van der Waals surface area contributed by atoms with E-state index in [-0.39, 0.29) is 11.8 Å². The molecule has 2 aliphatic heterocycles. The number of nitrogens with zero attached hydrogens (tertiary/aromatic N) is 3. The lowest BCUT2D eigenvalue weighted by Gasteiger charge is -2.38. The molecule has 114 valence electrons. The first-order valence-corrected chi connectivity index (χ1v) is 7.59. The highest BCUT2D eigenvalue weighted by Crippen LogP contribution is 2.39. The van der Waals surface area contributed by atoms with Gasteiger partial charge in [-0.2, -0.15) is 0 Å². The molecule has 0 bridgehead atoms. The van der Waals surface area contributed by atoms with Crippen LogP contribution in [0.1, 0.15) is 24.8 Å². The lowest BCUT2D eigenvalue weighted by atomic mass is 9.77. The van der Waals surface area contributed by atoms with Crippen LogP contribution in [0.2, 0.25) is 0 Å². The highest BCUT2D eigenvalue weighted by molar-refractivity contribution is 6.06. The van der Waals surface area contributed by atoms with Gasteiger partial charge in [0.15, 0.2) is 0 Å². The van der Waals surface area contributed by atoms with E-state index in [9.17, 15) is 9.59 Å². The van der Waals surface area contributed by atoms with E-state index in [1.807, 2.05) is 12.5 Å². The summed E-state index contributed by atoms with van der Waals surface area (Å²) in [6.45, 7) is 3.62. The molecule has 2 aromatic heterocycles. The number of carbonyl (C=O) groups is 2. The molecule has 2 fully saturated rings. The number of piperidine rings is 1. The van der Waals surface area contributed by atoms with Crippen LogP contribution in [-0.4, -0.2) is 34.3 Å². The van der Waals surface area contributed by atoms with Crippen LogP contribution in [0, 0.1) is 12.3 Å². The first-order chi connectivity index (χ1) is 10.6. The van der Waals surface area contributed by atoms with Crippen molar-refractivity contribution in [3.8, 4) is 0 Å². The average molecular weight is 298 g/mol. The van der Waals surface area contributed by atoms with Gasteiger partial charge in [-0.05, 0) is 37.5 Å². The van der Waals surface area contributed by atoms with Gasteiger partial charge in [0.25, 0.3) is 0 Å². The summed E-state index contributed by atoms with van der Waals surface area (Å²) in [5.41, 5.74) is 1.78. The van der Waals surface area contributed by atoms with Gasteiger partial charge in [-0.25, -0.2) is 4.98 Å². The molecule has 1 N–H and O–H groups in total. The van der Waals surface area contributed by atoms with Crippen molar-refractivity contribution in [1.82, 2.24) is 14.7 Å². The smallest absolute Gasteiger partial charge is 0.233 e. The molecule has 4 rings (SSSR count). The van der Waals surface area contributed by atoms with E-state index in [2.05, 4.69) is 38.7 Å². The summed E-state index contributed by atoms with van der Waals surface area (Å²) in [5.74, 6) is 0.882. The predicted octanol–water partition coefficient (Wildman–Crippen LogP) is 1.28. The van der Waals surface area contributed by atoms with Crippen molar-refractivity contribution < 1.29 is 9.59 Å². The van der Waals surface area contributed by atoms with Gasteiger partial charge >= 0.3 is 0 Å². The molecule has 1 spiro atoms. The third-order valence-corrected chi connectivity index (χ3v) is 4.92. The van der Waals surface area contributed by atoms with Crippen molar-refractivity contribution in [2.75, 3.05) is 18.0 Å². The molecule has 2 saturated heterocycles. The molecule has 0 radical (unpaired) electrons. The molecule has 2 aromatic rings. The largest absolute Gasteiger partial charge is 0.358 e. The summed E-state index contributed by atoms with van der Waals surface area (Å²) < 4.78 is 2.07. The monoisotopic (exact) mass is 298 g/mol. The molecule has 2 aliphatic rings. The van der Waals surface area contributed by atoms with Gasteiger partial charge in [0, 0.05) is 19.5 Å². The lowest BCUT2D eigenvalue weighted by molar-refractivity contribution is -0.129. The van der Waals surface area contributed by atoms with Gasteiger partial charge in [0.1, 0.15) is 12.1 Å². The zero-order valence-electron chi connectivity index (χ0n) is 12.5. The SMILES string of the molecule is Cc1cc(N2CCC3(CC2)CC(=O)NC3=O)n2cncc2c1. The van der Waals surface area contributed by atoms with E-state index < -0.39 is 5.41 Å². The Balaban J connectivity index is 1.62. The summed E-state index contributed by atoms with van der Waals surface area (Å²) in [6.07, 6.45) is 5.45. The second-order valence-electron chi connectivity index (χ2n) is 6.40. The number of imidazole rings is 1. The number of aryl methyl sites for hydroxylation is 1. The van der Waals surface area contributed by atoms with Crippen LogP contribution >= 0.6 is 0 Å². The van der Waals surface area contributed by atoms with Gasteiger partial charge in [-0.3, -0.25) is 19.3 Å². The number of hydrogen-bond donors (Lipinski definition) is 1. The molecule has 0 aliphatic carbocycles. The highest BCUT2D eigenvalue weighted by Gasteiger charge is 2.48. The number of amides is 2. The zero-order chi connectivity index (χ0) is 15.3. The summed E-state index contributed by atoms with van der Waals surface area (Å²) in [6, 6.07) is 4.25. The summed E-state index contributed by atoms with van der Waals surface area (Å²) >= 11 is 0. The Morgan fingerprint density at radius 1 is 1.23 bits per heavy atom. The summed E-state index contributed by atoms with van der Waals surface area (Å²) in [5, 5.41) is 2.45. The number of carbonyl (C=O) groups excluding carboxylic acids is 2. The molecule has 6 heteroatoms. The van der Waals surface area contributed by atoms with Crippen molar-refractivity contribution in [2.45, 2.75) is 26.2 Å². The molecule has 22 heavy (non-hydrogen) atoms. The highest BCUT2D eigenvalue weighted by atomic mass is 16.2. The number of rotatable bonds is 1. The molecule has 0 saturated carbocycles. The van der Waals surface area contributed by atoms with Crippen LogP contribution in [0.4, 0.5) is 5.82 Å². The molecule has 0 unspecified atom stereocenters. The third kappa shape index (κ3) is 1.90. The van der Waals surface area contributed by atoms with E-state index >= 15 is 0 Å². The molecular formula is C16H18N4O2. The number of nitrogens with one attached hydrogen (secondary N) is 1. The Morgan fingerprint density at radius 3 is 2.68 bits per heavy atom. The minimum atomic E-state index is -0.481. The standard InChI is InChI=1S/C16H18N4O2/c1-11-6-12-9-17-10-20(12)14(7-11)19-4-2-16(3-5-19)8-13(21)18-15(16)22/h6-7,9-10H,2-5,8H2,1H3,(H,18,21,22). The molecule has 0 atom stereocenters. The first kappa shape index (κ1) is 13.3. The molecule has 0 aromatic carbocycles. The van der Waals surface area contributed by atoms with E-state index in [1.54, 1.807) is 0 Å². The average Bonchev–Trinajstić information content (AvgIpc) is 3.04. The molecule has 4 heterocycles. The van der Waals surface area contributed by atoms with E-state index in [0.717, 1.165) is 24.4 Å². The Morgan fingerprint density at radius 2 is 2.00 bits per heavy atom. The second-order valence-corrected chi connectivity index (χ2v) is 6.40. The molecular weight excluding hydrogens is 280 g/mol. The van der Waals surface area contributed by atoms with Gasteiger partial charge < -0.3 is 4.90 Å². The summed E-state index contributed by atoms with van der Waals surface area (Å²) in [4.78, 5) is 30.1. The number of aromatic nitrogens is 2. The number of pyridine rings is 1. The quantitative estimate of drug-likeness (QED) is 0.805. The van der Waals surface area contributed by atoms with Crippen LogP contribution in [-0.2, 0) is 9.59 Å². The maximum atomic E-state index is 12.1. The normalized spacial score (nSPS) is 20.9. The summed E-state index contributed by atoms with van der Waals surface area (Å²) in [7, 11) is 0. The van der Waals surface area contributed by atoms with E-state index in [0.29, 0.717) is 19.3 Å². The Bertz CT molecular complexity index is 772. The Kier molecular flexibility index (Phi) is 2.76. The van der Waals surface area contributed by atoms with Gasteiger partial charge in [-0.1, -0.05) is 0 Å². The van der Waals surface area contributed by atoms with Crippen molar-refractivity contribution in [3.63, 3.8) is 0 Å². The van der Waals surface area contributed by atoms with Crippen LogP contribution in [0.25, 0.3) is 5.52 Å². The van der Waals surface area contributed by atoms with Crippen LogP contribution in [0.5, 0.6) is 0 Å². The maximum absolute atomic E-state index is 12.1. The fraction of sp³-hybridized carbons (Fsp3) is 0.438. The fourth-order valence-electron chi connectivity index (χ4n) is 3.65. The topological polar surface area (TPSA) is 66.7 Å². The third-order valence-electron chi connectivity index (χ3n) is 4.92. The number of anilines is 1. The fourth-order valence-corrected chi connectivity index (χ4v) is 3.65. The number of hydrogen-bond acceptors (Lipinski definition) is 4. The van der Waals surface area contributed by atoms with Crippen molar-refractivity contribution >= 4 is 23.1 Å². The van der Waals surface area contributed by atoms with Crippen LogP contribution in [0.3, 0.4) is 0 Å². The van der Waals surface area contributed by atoms with E-state index in [4.69, 9.17) is 0 Å². The Labute approximate surface area is 128 Å². The van der Waals surface area contributed by atoms with Gasteiger partial charge in [0.2, 0.25) is 11.8 Å². The molecule has 6 nitrogen and oxygen atoms in total. The minimum absolute atomic E-state index is 0.0887. The van der Waals surface area contributed by atoms with Gasteiger partial charge in [-0.15, -0.1) is 0 Å². The van der Waals surface area contributed by atoms with Crippen molar-refractivity contribution in [2.24, 2.45) is 5.41 Å². The second kappa shape index (κ2) is 4.56.